The molecule has 0 saturated carbocycles. The number of carboxylic acid groups (broad SMARTS) is 1. The summed E-state index contributed by atoms with van der Waals surface area (Å²) in [4.78, 5) is 10.8. The molecule has 6 nitrogen and oxygen atoms in total. The molecular weight excluding hydrogens is 385 g/mol. The van der Waals surface area contributed by atoms with Crippen LogP contribution in [-0.2, 0) is 16.6 Å². The molecule has 2 N–H and O–H groups in total. The fourth-order valence-corrected chi connectivity index (χ4v) is 3.49. The highest BCUT2D eigenvalue weighted by molar-refractivity contribution is 7.92. The molecule has 0 amide bonds. The first-order chi connectivity index (χ1) is 13.3. The minimum atomic E-state index is -3.88. The topological polar surface area (TPSA) is 92.7 Å². The van der Waals surface area contributed by atoms with Crippen LogP contribution in [0.25, 0.3) is 0 Å². The van der Waals surface area contributed by atoms with Crippen LogP contribution in [-0.4, -0.2) is 19.5 Å². The molecule has 28 heavy (non-hydrogen) atoms. The molecule has 144 valence electrons. The van der Waals surface area contributed by atoms with E-state index >= 15 is 0 Å². The predicted molar refractivity (Wildman–Crippen MR) is 101 cm³/mol. The molecule has 0 atom stereocenters. The number of carbonyl (C=O) groups is 1. The first-order valence-corrected chi connectivity index (χ1v) is 9.65. The van der Waals surface area contributed by atoms with Crippen LogP contribution in [0.2, 0.25) is 0 Å². The Morgan fingerprint density at radius 2 is 1.71 bits per heavy atom. The van der Waals surface area contributed by atoms with Gasteiger partial charge >= 0.3 is 5.97 Å². The normalized spacial score (nSPS) is 11.0. The first kappa shape index (κ1) is 19.4. The van der Waals surface area contributed by atoms with Gasteiger partial charge in [-0.2, -0.15) is 0 Å². The molecule has 0 aliphatic heterocycles. The molecule has 0 bridgehead atoms. The summed E-state index contributed by atoms with van der Waals surface area (Å²) in [5.41, 5.74) is 1.00. The second-order valence-electron chi connectivity index (χ2n) is 5.88. The number of nitrogens with one attached hydrogen (secondary N) is 1. The third-order valence-electron chi connectivity index (χ3n) is 3.79. The van der Waals surface area contributed by atoms with Crippen molar-refractivity contribution in [3.05, 3.63) is 89.7 Å². The Bertz CT molecular complexity index is 1100. The average Bonchev–Trinajstić information content (AvgIpc) is 2.66. The number of ether oxygens (including phenoxy) is 1. The molecule has 3 aromatic rings. The van der Waals surface area contributed by atoms with E-state index in [0.29, 0.717) is 17.0 Å². The van der Waals surface area contributed by atoms with Crippen molar-refractivity contribution in [2.45, 2.75) is 11.5 Å². The van der Waals surface area contributed by atoms with Crippen LogP contribution < -0.4 is 9.46 Å². The molecule has 0 aliphatic rings. The first-order valence-electron chi connectivity index (χ1n) is 8.17. The van der Waals surface area contributed by atoms with E-state index in [1.807, 2.05) is 0 Å². The highest BCUT2D eigenvalue weighted by Crippen LogP contribution is 2.19. The van der Waals surface area contributed by atoms with Gasteiger partial charge in [0.15, 0.2) is 0 Å². The van der Waals surface area contributed by atoms with Gasteiger partial charge in [0.05, 0.1) is 10.5 Å². The summed E-state index contributed by atoms with van der Waals surface area (Å²) in [7, 11) is -3.88. The van der Waals surface area contributed by atoms with Gasteiger partial charge in [-0.05, 0) is 54.1 Å². The number of anilines is 1. The minimum absolute atomic E-state index is 0.00422. The number of hydrogen-bond acceptors (Lipinski definition) is 4. The van der Waals surface area contributed by atoms with E-state index < -0.39 is 21.8 Å². The summed E-state index contributed by atoms with van der Waals surface area (Å²) in [6, 6.07) is 17.2. The number of sulfonamides is 1. The lowest BCUT2D eigenvalue weighted by Gasteiger charge is -2.11. The molecular formula is C20H16FNO5S. The Morgan fingerprint density at radius 3 is 2.39 bits per heavy atom. The Morgan fingerprint density at radius 1 is 1.00 bits per heavy atom. The second kappa shape index (κ2) is 8.10. The van der Waals surface area contributed by atoms with E-state index in [9.17, 15) is 17.6 Å². The van der Waals surface area contributed by atoms with Gasteiger partial charge in [-0.25, -0.2) is 17.6 Å². The van der Waals surface area contributed by atoms with Crippen LogP contribution in [0.3, 0.4) is 0 Å². The van der Waals surface area contributed by atoms with Crippen molar-refractivity contribution in [3.8, 4) is 5.75 Å². The predicted octanol–water partition coefficient (Wildman–Crippen LogP) is 3.90. The van der Waals surface area contributed by atoms with E-state index in [0.717, 1.165) is 0 Å². The molecule has 8 heteroatoms. The van der Waals surface area contributed by atoms with Gasteiger partial charge in [-0.1, -0.05) is 18.2 Å². The fourth-order valence-electron chi connectivity index (χ4n) is 2.44. The van der Waals surface area contributed by atoms with Gasteiger partial charge in [0.25, 0.3) is 10.0 Å². The zero-order valence-electron chi connectivity index (χ0n) is 14.5. The van der Waals surface area contributed by atoms with Crippen molar-refractivity contribution in [2.75, 3.05) is 4.72 Å². The van der Waals surface area contributed by atoms with Gasteiger partial charge in [0.1, 0.15) is 18.2 Å². The monoisotopic (exact) mass is 401 g/mol. The smallest absolute Gasteiger partial charge is 0.335 e. The quantitative estimate of drug-likeness (QED) is 0.626. The van der Waals surface area contributed by atoms with Gasteiger partial charge in [0.2, 0.25) is 0 Å². The average molecular weight is 401 g/mol. The van der Waals surface area contributed by atoms with Crippen molar-refractivity contribution in [1.82, 2.24) is 0 Å². The molecule has 0 fully saturated rings. The van der Waals surface area contributed by atoms with Crippen molar-refractivity contribution in [1.29, 1.82) is 0 Å². The van der Waals surface area contributed by atoms with Crippen LogP contribution in [0.15, 0.2) is 77.7 Å². The Kier molecular flexibility index (Phi) is 5.60. The maximum absolute atomic E-state index is 13.2. The van der Waals surface area contributed by atoms with Crippen molar-refractivity contribution < 1.29 is 27.4 Å². The lowest BCUT2D eigenvalue weighted by atomic mass is 10.2. The summed E-state index contributed by atoms with van der Waals surface area (Å²) in [6.07, 6.45) is 0. The van der Waals surface area contributed by atoms with Crippen molar-refractivity contribution in [2.24, 2.45) is 0 Å². The van der Waals surface area contributed by atoms with E-state index in [1.165, 1.54) is 42.5 Å². The van der Waals surface area contributed by atoms with Crippen LogP contribution in [0.4, 0.5) is 10.1 Å². The molecule has 3 aromatic carbocycles. The van der Waals surface area contributed by atoms with Crippen LogP contribution in [0.1, 0.15) is 15.9 Å². The highest BCUT2D eigenvalue weighted by atomic mass is 32.2. The lowest BCUT2D eigenvalue weighted by molar-refractivity contribution is 0.0696. The summed E-state index contributed by atoms with van der Waals surface area (Å²) >= 11 is 0. The Labute approximate surface area is 161 Å². The SMILES string of the molecule is O=C(O)c1ccc(S(=O)(=O)Nc2cccc(COc3cccc(F)c3)c2)cc1. The molecule has 0 heterocycles. The Hall–Kier alpha value is -3.39. The molecule has 0 unspecified atom stereocenters. The maximum atomic E-state index is 13.2. The number of hydrogen-bond donors (Lipinski definition) is 2. The number of halogens is 1. The van der Waals surface area contributed by atoms with Crippen molar-refractivity contribution in [3.63, 3.8) is 0 Å². The summed E-state index contributed by atoms with van der Waals surface area (Å²) < 4.78 is 46.1. The van der Waals surface area contributed by atoms with Gasteiger partial charge in [-0.3, -0.25) is 4.72 Å². The van der Waals surface area contributed by atoms with Gasteiger partial charge in [-0.15, -0.1) is 0 Å². The molecule has 0 aromatic heterocycles. The number of benzene rings is 3. The summed E-state index contributed by atoms with van der Waals surface area (Å²) in [5, 5.41) is 8.89. The molecule has 0 radical (unpaired) electrons. The van der Waals surface area contributed by atoms with E-state index in [4.69, 9.17) is 9.84 Å². The number of aromatic carboxylic acids is 1. The van der Waals surface area contributed by atoms with Gasteiger partial charge in [0, 0.05) is 11.8 Å². The summed E-state index contributed by atoms with van der Waals surface area (Å²) in [5.74, 6) is -1.18. The standard InChI is InChI=1S/C20H16FNO5S/c21-16-4-2-6-18(12-16)27-13-14-3-1-5-17(11-14)22-28(25,26)19-9-7-15(8-10-19)20(23)24/h1-12,22H,13H2,(H,23,24). The maximum Gasteiger partial charge on any atom is 0.335 e. The number of carboxylic acids is 1. The van der Waals surface area contributed by atoms with E-state index in [1.54, 1.807) is 30.3 Å². The zero-order valence-corrected chi connectivity index (χ0v) is 15.3. The van der Waals surface area contributed by atoms with Gasteiger partial charge < -0.3 is 9.84 Å². The lowest BCUT2D eigenvalue weighted by Crippen LogP contribution is -2.13. The summed E-state index contributed by atoms with van der Waals surface area (Å²) in [6.45, 7) is 0.131. The molecule has 0 spiro atoms. The fraction of sp³-hybridized carbons (Fsp3) is 0.0500. The molecule has 3 rings (SSSR count). The van der Waals surface area contributed by atoms with Crippen molar-refractivity contribution >= 4 is 21.7 Å². The second-order valence-corrected chi connectivity index (χ2v) is 7.56. The van der Waals surface area contributed by atoms with Crippen LogP contribution in [0, 0.1) is 5.82 Å². The minimum Gasteiger partial charge on any atom is -0.489 e. The van der Waals surface area contributed by atoms with Crippen LogP contribution >= 0.6 is 0 Å². The third kappa shape index (κ3) is 4.86. The zero-order chi connectivity index (χ0) is 20.1. The van der Waals surface area contributed by atoms with Crippen LogP contribution in [0.5, 0.6) is 5.75 Å². The number of rotatable bonds is 7. The highest BCUT2D eigenvalue weighted by Gasteiger charge is 2.15. The van der Waals surface area contributed by atoms with E-state index in [-0.39, 0.29) is 17.1 Å². The molecule has 0 saturated heterocycles. The third-order valence-corrected chi connectivity index (χ3v) is 5.19. The largest absolute Gasteiger partial charge is 0.489 e. The van der Waals surface area contributed by atoms with E-state index in [2.05, 4.69) is 4.72 Å². The molecule has 0 aliphatic carbocycles. The Balaban J connectivity index is 1.71.